The molecule has 29 heavy (non-hydrogen) atoms. The minimum absolute atomic E-state index is 0.194. The van der Waals surface area contributed by atoms with Crippen molar-refractivity contribution < 1.29 is 4.79 Å². The summed E-state index contributed by atoms with van der Waals surface area (Å²) >= 11 is 12.9. The Morgan fingerprint density at radius 3 is 2.45 bits per heavy atom. The first-order valence-corrected chi connectivity index (χ1v) is 11.0. The van der Waals surface area contributed by atoms with Gasteiger partial charge in [0.2, 0.25) is 5.91 Å². The van der Waals surface area contributed by atoms with Crippen LogP contribution in [-0.4, -0.2) is 33.4 Å². The Bertz CT molecular complexity index is 1000. The summed E-state index contributed by atoms with van der Waals surface area (Å²) in [6.45, 7) is 3.81. The van der Waals surface area contributed by atoms with E-state index in [-0.39, 0.29) is 11.9 Å². The smallest absolute Gasteiger partial charge is 0.245 e. The summed E-state index contributed by atoms with van der Waals surface area (Å²) < 4.78 is 2.12. The van der Waals surface area contributed by atoms with Crippen molar-refractivity contribution in [3.63, 3.8) is 0 Å². The number of rotatable bonds is 6. The molecule has 2 aromatic carbocycles. The highest BCUT2D eigenvalue weighted by Gasteiger charge is 2.30. The summed E-state index contributed by atoms with van der Waals surface area (Å²) in [5.74, 6) is 1.02. The van der Waals surface area contributed by atoms with E-state index in [0.717, 1.165) is 61.2 Å². The fourth-order valence-electron chi connectivity index (χ4n) is 4.21. The second kappa shape index (κ2) is 8.76. The van der Waals surface area contributed by atoms with Crippen LogP contribution in [0.1, 0.15) is 50.0 Å². The Morgan fingerprint density at radius 2 is 1.76 bits per heavy atom. The maximum Gasteiger partial charge on any atom is 0.245 e. The number of hydrogen-bond acceptors (Lipinski definition) is 2. The van der Waals surface area contributed by atoms with Gasteiger partial charge in [-0.3, -0.25) is 4.79 Å². The molecule has 2 heterocycles. The van der Waals surface area contributed by atoms with Gasteiger partial charge in [0.05, 0.1) is 11.0 Å². The van der Waals surface area contributed by atoms with E-state index < -0.39 is 0 Å². The van der Waals surface area contributed by atoms with Gasteiger partial charge in [-0.2, -0.15) is 0 Å². The lowest BCUT2D eigenvalue weighted by molar-refractivity contribution is -0.133. The summed E-state index contributed by atoms with van der Waals surface area (Å²) in [6, 6.07) is 13.3. The van der Waals surface area contributed by atoms with Gasteiger partial charge >= 0.3 is 0 Å². The molecule has 6 heteroatoms. The van der Waals surface area contributed by atoms with Crippen molar-refractivity contribution in [2.75, 3.05) is 13.1 Å². The Hall–Kier alpha value is -2.04. The van der Waals surface area contributed by atoms with Crippen molar-refractivity contribution in [3.8, 4) is 0 Å². The van der Waals surface area contributed by atoms with Gasteiger partial charge in [0.1, 0.15) is 11.9 Å². The molecular formula is C23H25Cl2N3O. The van der Waals surface area contributed by atoms with Crippen LogP contribution in [0.25, 0.3) is 11.0 Å². The first-order valence-electron chi connectivity index (χ1n) is 10.3. The lowest BCUT2D eigenvalue weighted by Crippen LogP contribution is -2.36. The number of benzene rings is 2. The molecule has 0 aliphatic carbocycles. The van der Waals surface area contributed by atoms with Gasteiger partial charge in [0.25, 0.3) is 0 Å². The number of carbonyl (C=O) groups excluding carboxylic acids is 1. The van der Waals surface area contributed by atoms with Crippen LogP contribution < -0.4 is 0 Å². The van der Waals surface area contributed by atoms with E-state index >= 15 is 0 Å². The normalized spacial score (nSPS) is 15.2. The van der Waals surface area contributed by atoms with Gasteiger partial charge in [-0.25, -0.2) is 4.98 Å². The van der Waals surface area contributed by atoms with Crippen molar-refractivity contribution in [1.29, 1.82) is 0 Å². The maximum atomic E-state index is 13.4. The summed E-state index contributed by atoms with van der Waals surface area (Å²) in [5.41, 5.74) is 2.72. The van der Waals surface area contributed by atoms with Crippen LogP contribution in [0, 0.1) is 0 Å². The second-order valence-electron chi connectivity index (χ2n) is 7.60. The maximum absolute atomic E-state index is 13.4. The van der Waals surface area contributed by atoms with Crippen LogP contribution in [0.5, 0.6) is 0 Å². The molecule has 0 N–H and O–H groups in total. The highest BCUT2D eigenvalue weighted by molar-refractivity contribution is 6.36. The first kappa shape index (κ1) is 20.2. The molecule has 0 saturated carbocycles. The third kappa shape index (κ3) is 4.01. The minimum Gasteiger partial charge on any atom is -0.341 e. The van der Waals surface area contributed by atoms with Gasteiger partial charge in [0, 0.05) is 29.6 Å². The number of fused-ring (bicyclic) bond motifs is 1. The van der Waals surface area contributed by atoms with Crippen molar-refractivity contribution in [3.05, 3.63) is 63.9 Å². The van der Waals surface area contributed by atoms with Gasteiger partial charge in [0.15, 0.2) is 0 Å². The Balaban J connectivity index is 1.82. The SMILES string of the molecule is CCC[C@H](C(=O)N1CCCC1)n1c(Cc2c(Cl)cccc2Cl)nc2ccccc21. The van der Waals surface area contributed by atoms with Crippen LogP contribution in [0.4, 0.5) is 0 Å². The Labute approximate surface area is 181 Å². The summed E-state index contributed by atoms with van der Waals surface area (Å²) in [6.07, 6.45) is 4.34. The molecule has 1 aromatic heterocycles. The first-order chi connectivity index (χ1) is 14.1. The molecule has 4 rings (SSSR count). The average Bonchev–Trinajstić information content (AvgIpc) is 3.36. The van der Waals surface area contributed by atoms with E-state index in [2.05, 4.69) is 11.5 Å². The van der Waals surface area contributed by atoms with E-state index in [0.29, 0.717) is 16.5 Å². The molecule has 4 nitrogen and oxygen atoms in total. The average molecular weight is 430 g/mol. The molecule has 152 valence electrons. The molecule has 0 unspecified atom stereocenters. The predicted octanol–water partition coefficient (Wildman–Crippen LogP) is 5.90. The fourth-order valence-corrected chi connectivity index (χ4v) is 4.74. The van der Waals surface area contributed by atoms with E-state index in [4.69, 9.17) is 28.2 Å². The van der Waals surface area contributed by atoms with Crippen LogP contribution in [0.2, 0.25) is 10.0 Å². The number of nitrogens with zero attached hydrogens (tertiary/aromatic N) is 3. The zero-order valence-corrected chi connectivity index (χ0v) is 18.1. The number of carbonyl (C=O) groups is 1. The largest absolute Gasteiger partial charge is 0.341 e. The zero-order chi connectivity index (χ0) is 20.4. The van der Waals surface area contributed by atoms with Crippen molar-refractivity contribution in [1.82, 2.24) is 14.5 Å². The van der Waals surface area contributed by atoms with E-state index in [1.54, 1.807) is 0 Å². The molecule has 1 amide bonds. The lowest BCUT2D eigenvalue weighted by atomic mass is 10.1. The van der Waals surface area contributed by atoms with Crippen LogP contribution >= 0.6 is 23.2 Å². The van der Waals surface area contributed by atoms with Gasteiger partial charge < -0.3 is 9.47 Å². The van der Waals surface area contributed by atoms with E-state index in [1.807, 2.05) is 47.4 Å². The monoisotopic (exact) mass is 429 g/mol. The quantitative estimate of drug-likeness (QED) is 0.489. The molecule has 1 saturated heterocycles. The highest BCUT2D eigenvalue weighted by Crippen LogP contribution is 2.32. The number of amides is 1. The molecule has 0 spiro atoms. The highest BCUT2D eigenvalue weighted by atomic mass is 35.5. The Kier molecular flexibility index (Phi) is 6.12. The third-order valence-electron chi connectivity index (χ3n) is 5.64. The van der Waals surface area contributed by atoms with Gasteiger partial charge in [-0.15, -0.1) is 0 Å². The molecule has 1 atom stereocenters. The molecule has 1 aliphatic heterocycles. The third-order valence-corrected chi connectivity index (χ3v) is 6.35. The topological polar surface area (TPSA) is 38.1 Å². The van der Waals surface area contributed by atoms with Crippen LogP contribution in [0.15, 0.2) is 42.5 Å². The van der Waals surface area contributed by atoms with Crippen molar-refractivity contribution >= 4 is 40.1 Å². The molecule has 0 bridgehead atoms. The van der Waals surface area contributed by atoms with Crippen LogP contribution in [0.3, 0.4) is 0 Å². The number of para-hydroxylation sites is 2. The van der Waals surface area contributed by atoms with Gasteiger partial charge in [-0.1, -0.05) is 54.7 Å². The summed E-state index contributed by atoms with van der Waals surface area (Å²) in [5, 5.41) is 1.24. The molecule has 1 fully saturated rings. The molecule has 1 aliphatic rings. The second-order valence-corrected chi connectivity index (χ2v) is 8.42. The number of likely N-dealkylation sites (tertiary alicyclic amines) is 1. The molecule has 0 radical (unpaired) electrons. The molecular weight excluding hydrogens is 405 g/mol. The fraction of sp³-hybridized carbons (Fsp3) is 0.391. The standard InChI is InChI=1S/C23H25Cl2N3O/c1-2-8-21(23(29)27-13-5-6-14-27)28-20-12-4-3-11-19(20)26-22(28)15-16-17(24)9-7-10-18(16)25/h3-4,7,9-12,21H,2,5-6,8,13-15H2,1H3/t21-/m1/s1. The van der Waals surface area contributed by atoms with Gasteiger partial charge in [-0.05, 0) is 49.1 Å². The summed E-state index contributed by atoms with van der Waals surface area (Å²) in [7, 11) is 0. The Morgan fingerprint density at radius 1 is 1.07 bits per heavy atom. The van der Waals surface area contributed by atoms with Crippen LogP contribution in [-0.2, 0) is 11.2 Å². The number of halogens is 2. The minimum atomic E-state index is -0.262. The van der Waals surface area contributed by atoms with Crippen molar-refractivity contribution in [2.24, 2.45) is 0 Å². The number of hydrogen-bond donors (Lipinski definition) is 0. The summed E-state index contributed by atoms with van der Waals surface area (Å²) in [4.78, 5) is 20.3. The zero-order valence-electron chi connectivity index (χ0n) is 16.6. The van der Waals surface area contributed by atoms with E-state index in [9.17, 15) is 4.79 Å². The molecule has 3 aromatic rings. The number of imidazole rings is 1. The van der Waals surface area contributed by atoms with Crippen molar-refractivity contribution in [2.45, 2.75) is 45.1 Å². The predicted molar refractivity (Wildman–Crippen MR) is 119 cm³/mol. The number of aromatic nitrogens is 2. The van der Waals surface area contributed by atoms with E-state index in [1.165, 1.54) is 0 Å². The lowest BCUT2D eigenvalue weighted by Gasteiger charge is -2.26.